The van der Waals surface area contributed by atoms with Gasteiger partial charge in [0, 0.05) is 5.56 Å². The molecule has 0 spiro atoms. The average molecular weight is 310 g/mol. The molecule has 0 aliphatic rings. The minimum atomic E-state index is -0.356. The second-order valence-corrected chi connectivity index (χ2v) is 5.43. The average Bonchev–Trinajstić information content (AvgIpc) is 2.56. The van der Waals surface area contributed by atoms with Crippen LogP contribution in [-0.4, -0.2) is 20.2 Å². The van der Waals surface area contributed by atoms with Gasteiger partial charge >= 0.3 is 5.97 Å². The Bertz CT molecular complexity index is 757. The third kappa shape index (κ3) is 3.45. The molecule has 120 valence electrons. The van der Waals surface area contributed by atoms with Crippen LogP contribution in [0.5, 0.6) is 5.75 Å². The normalized spacial score (nSPS) is 11.3. The van der Waals surface area contributed by atoms with Crippen molar-refractivity contribution in [1.82, 2.24) is 0 Å². The van der Waals surface area contributed by atoms with Gasteiger partial charge in [0.1, 0.15) is 5.75 Å². The van der Waals surface area contributed by atoms with Crippen molar-refractivity contribution in [3.63, 3.8) is 0 Å². The van der Waals surface area contributed by atoms with E-state index in [0.717, 1.165) is 22.4 Å². The highest BCUT2D eigenvalue weighted by atomic mass is 16.5. The molecule has 2 aromatic carbocycles. The number of methoxy groups -OCH3 is 2. The lowest BCUT2D eigenvalue weighted by Gasteiger charge is -2.16. The lowest BCUT2D eigenvalue weighted by atomic mass is 9.91. The van der Waals surface area contributed by atoms with Crippen LogP contribution >= 0.6 is 0 Å². The van der Waals surface area contributed by atoms with E-state index in [4.69, 9.17) is 9.47 Å². The summed E-state index contributed by atoms with van der Waals surface area (Å²) in [5, 5.41) is 0. The van der Waals surface area contributed by atoms with Crippen LogP contribution < -0.4 is 4.74 Å². The lowest BCUT2D eigenvalue weighted by Crippen LogP contribution is -2.03. The van der Waals surface area contributed by atoms with E-state index in [1.54, 1.807) is 19.2 Å². The van der Waals surface area contributed by atoms with E-state index in [0.29, 0.717) is 5.56 Å². The van der Waals surface area contributed by atoms with Gasteiger partial charge in [-0.05, 0) is 55.7 Å². The summed E-state index contributed by atoms with van der Waals surface area (Å²) >= 11 is 0. The monoisotopic (exact) mass is 310 g/mol. The quantitative estimate of drug-likeness (QED) is 0.777. The third-order valence-corrected chi connectivity index (χ3v) is 3.87. The molecule has 0 aliphatic heterocycles. The summed E-state index contributed by atoms with van der Waals surface area (Å²) in [7, 11) is 3.01. The van der Waals surface area contributed by atoms with Gasteiger partial charge in [0.2, 0.25) is 0 Å². The molecular formula is C20H22O3. The Morgan fingerprint density at radius 1 is 1.00 bits per heavy atom. The fraction of sp³-hybridized carbons (Fsp3) is 0.250. The largest absolute Gasteiger partial charge is 0.496 e. The summed E-state index contributed by atoms with van der Waals surface area (Å²) in [5.74, 6) is 0.371. The first-order valence-corrected chi connectivity index (χ1v) is 7.52. The second-order valence-electron chi connectivity index (χ2n) is 5.43. The fourth-order valence-corrected chi connectivity index (χ4v) is 2.74. The zero-order valence-corrected chi connectivity index (χ0v) is 14.3. The van der Waals surface area contributed by atoms with Crippen molar-refractivity contribution in [2.45, 2.75) is 20.8 Å². The van der Waals surface area contributed by atoms with E-state index >= 15 is 0 Å². The summed E-state index contributed by atoms with van der Waals surface area (Å²) in [6.07, 6.45) is 2.04. The number of allylic oxidation sites excluding steroid dienone is 1. The number of hydrogen-bond acceptors (Lipinski definition) is 3. The lowest BCUT2D eigenvalue weighted by molar-refractivity contribution is 0.0600. The molecule has 2 aromatic rings. The van der Waals surface area contributed by atoms with Crippen molar-refractivity contribution in [3.05, 3.63) is 70.3 Å². The summed E-state index contributed by atoms with van der Waals surface area (Å²) in [4.78, 5) is 11.8. The van der Waals surface area contributed by atoms with Crippen LogP contribution in [0.2, 0.25) is 0 Å². The smallest absolute Gasteiger partial charge is 0.337 e. The molecule has 0 N–H and O–H groups in total. The summed E-state index contributed by atoms with van der Waals surface area (Å²) in [5.41, 5.74) is 5.95. The Balaban J connectivity index is 2.63. The molecule has 3 heteroatoms. The SMILES string of the molecule is C/C=C(/c1ccc(C)cc1C)c1cc(C(=O)OC)ccc1OC. The van der Waals surface area contributed by atoms with Crippen molar-refractivity contribution >= 4 is 11.5 Å². The van der Waals surface area contributed by atoms with Crippen molar-refractivity contribution in [3.8, 4) is 5.75 Å². The zero-order chi connectivity index (χ0) is 17.0. The highest BCUT2D eigenvalue weighted by Gasteiger charge is 2.15. The summed E-state index contributed by atoms with van der Waals surface area (Å²) in [6, 6.07) is 11.7. The number of hydrogen-bond donors (Lipinski definition) is 0. The molecule has 3 nitrogen and oxygen atoms in total. The predicted molar refractivity (Wildman–Crippen MR) is 93.0 cm³/mol. The highest BCUT2D eigenvalue weighted by molar-refractivity contribution is 5.93. The Kier molecular flexibility index (Phi) is 5.22. The molecule has 23 heavy (non-hydrogen) atoms. The fourth-order valence-electron chi connectivity index (χ4n) is 2.74. The van der Waals surface area contributed by atoms with Crippen molar-refractivity contribution in [1.29, 1.82) is 0 Å². The van der Waals surface area contributed by atoms with Gasteiger partial charge in [0.15, 0.2) is 0 Å². The molecule has 0 unspecified atom stereocenters. The van der Waals surface area contributed by atoms with Crippen LogP contribution in [0.15, 0.2) is 42.5 Å². The van der Waals surface area contributed by atoms with Gasteiger partial charge in [-0.1, -0.05) is 29.8 Å². The maximum absolute atomic E-state index is 11.8. The molecule has 0 atom stereocenters. The number of carbonyl (C=O) groups excluding carboxylic acids is 1. The van der Waals surface area contributed by atoms with E-state index in [9.17, 15) is 4.79 Å². The highest BCUT2D eigenvalue weighted by Crippen LogP contribution is 2.33. The maximum Gasteiger partial charge on any atom is 0.337 e. The standard InChI is InChI=1S/C20H22O3/c1-6-16(17-9-7-13(2)11-14(17)3)18-12-15(20(21)23-5)8-10-19(18)22-4/h6-12H,1-5H3/b16-6-. The van der Waals surface area contributed by atoms with Gasteiger partial charge < -0.3 is 9.47 Å². The van der Waals surface area contributed by atoms with E-state index in [-0.39, 0.29) is 5.97 Å². The first-order chi connectivity index (χ1) is 11.0. The molecule has 0 fully saturated rings. The Morgan fingerprint density at radius 2 is 1.74 bits per heavy atom. The molecule has 0 heterocycles. The number of ether oxygens (including phenoxy) is 2. The molecule has 0 saturated heterocycles. The molecule has 0 aromatic heterocycles. The third-order valence-electron chi connectivity index (χ3n) is 3.87. The van der Waals surface area contributed by atoms with Crippen LogP contribution in [-0.2, 0) is 4.74 Å². The second kappa shape index (κ2) is 7.14. The number of carbonyl (C=O) groups is 1. The minimum absolute atomic E-state index is 0.356. The zero-order valence-electron chi connectivity index (χ0n) is 14.3. The summed E-state index contributed by atoms with van der Waals surface area (Å²) in [6.45, 7) is 6.14. The predicted octanol–water partition coefficient (Wildman–Crippen LogP) is 4.55. The maximum atomic E-state index is 11.8. The van der Waals surface area contributed by atoms with E-state index in [2.05, 4.69) is 32.0 Å². The first-order valence-electron chi connectivity index (χ1n) is 7.52. The van der Waals surface area contributed by atoms with Gasteiger partial charge in [-0.25, -0.2) is 4.79 Å². The number of benzene rings is 2. The number of aryl methyl sites for hydroxylation is 2. The molecule has 0 amide bonds. The van der Waals surface area contributed by atoms with Gasteiger partial charge in [-0.3, -0.25) is 0 Å². The van der Waals surface area contributed by atoms with Crippen molar-refractivity contribution < 1.29 is 14.3 Å². The topological polar surface area (TPSA) is 35.5 Å². The van der Waals surface area contributed by atoms with Gasteiger partial charge in [0.05, 0.1) is 19.8 Å². The van der Waals surface area contributed by atoms with E-state index < -0.39 is 0 Å². The van der Waals surface area contributed by atoms with Crippen LogP contribution in [0.3, 0.4) is 0 Å². The number of rotatable bonds is 4. The Labute approximate surface area is 137 Å². The van der Waals surface area contributed by atoms with Gasteiger partial charge in [-0.15, -0.1) is 0 Å². The van der Waals surface area contributed by atoms with Crippen molar-refractivity contribution in [2.75, 3.05) is 14.2 Å². The Hall–Kier alpha value is -2.55. The molecule has 0 aliphatic carbocycles. The van der Waals surface area contributed by atoms with Crippen LogP contribution in [0, 0.1) is 13.8 Å². The van der Waals surface area contributed by atoms with Crippen LogP contribution in [0.1, 0.15) is 39.5 Å². The molecule has 0 saturated carbocycles. The summed E-state index contributed by atoms with van der Waals surface area (Å²) < 4.78 is 10.3. The molecule has 0 bridgehead atoms. The molecular weight excluding hydrogens is 288 g/mol. The minimum Gasteiger partial charge on any atom is -0.496 e. The van der Waals surface area contributed by atoms with Gasteiger partial charge in [-0.2, -0.15) is 0 Å². The van der Waals surface area contributed by atoms with Crippen LogP contribution in [0.4, 0.5) is 0 Å². The van der Waals surface area contributed by atoms with Crippen molar-refractivity contribution in [2.24, 2.45) is 0 Å². The molecule has 2 rings (SSSR count). The first kappa shape index (κ1) is 16.8. The van der Waals surface area contributed by atoms with E-state index in [1.165, 1.54) is 18.2 Å². The Morgan fingerprint density at radius 3 is 2.30 bits per heavy atom. The van der Waals surface area contributed by atoms with Crippen LogP contribution in [0.25, 0.3) is 5.57 Å². The van der Waals surface area contributed by atoms with Gasteiger partial charge in [0.25, 0.3) is 0 Å². The molecule has 0 radical (unpaired) electrons. The van der Waals surface area contributed by atoms with E-state index in [1.807, 2.05) is 19.1 Å². The number of esters is 1.